The molecule has 3 aromatic rings. The molecule has 2 amide bonds. The van der Waals surface area contributed by atoms with Crippen molar-refractivity contribution in [2.45, 2.75) is 25.9 Å². The van der Waals surface area contributed by atoms with Gasteiger partial charge in [-0.15, -0.1) is 0 Å². The van der Waals surface area contributed by atoms with E-state index in [1.165, 1.54) is 13.0 Å². The molecule has 3 aromatic carbocycles. The second-order valence-electron chi connectivity index (χ2n) is 8.70. The summed E-state index contributed by atoms with van der Waals surface area (Å²) in [5.41, 5.74) is 1.73. The van der Waals surface area contributed by atoms with Crippen molar-refractivity contribution in [2.24, 2.45) is 0 Å². The molecule has 194 valence electrons. The first-order valence-corrected chi connectivity index (χ1v) is 13.6. The molecule has 2 atom stereocenters. The molecule has 1 aliphatic heterocycles. The number of para-hydroxylation sites is 1. The van der Waals surface area contributed by atoms with Crippen molar-refractivity contribution in [1.29, 1.82) is 0 Å². The third-order valence-electron chi connectivity index (χ3n) is 5.95. The van der Waals surface area contributed by atoms with Gasteiger partial charge in [0, 0.05) is 6.07 Å². The first kappa shape index (κ1) is 26.0. The van der Waals surface area contributed by atoms with Gasteiger partial charge in [-0.25, -0.2) is 8.42 Å². The van der Waals surface area contributed by atoms with Gasteiger partial charge in [0.05, 0.1) is 29.2 Å². The molecule has 0 radical (unpaired) electrons. The van der Waals surface area contributed by atoms with E-state index in [-0.39, 0.29) is 28.9 Å². The summed E-state index contributed by atoms with van der Waals surface area (Å²) in [7, 11) is -3.86. The number of fused-ring (bicyclic) bond motifs is 1. The van der Waals surface area contributed by atoms with Crippen LogP contribution in [0.25, 0.3) is 0 Å². The lowest BCUT2D eigenvalue weighted by Gasteiger charge is -2.29. The van der Waals surface area contributed by atoms with E-state index in [4.69, 9.17) is 9.47 Å². The van der Waals surface area contributed by atoms with Crippen LogP contribution in [0, 0.1) is 0 Å². The molecule has 0 bridgehead atoms. The van der Waals surface area contributed by atoms with Crippen molar-refractivity contribution in [2.75, 3.05) is 29.1 Å². The van der Waals surface area contributed by atoms with Crippen molar-refractivity contribution < 1.29 is 27.5 Å². The van der Waals surface area contributed by atoms with Crippen LogP contribution >= 0.6 is 0 Å². The molecule has 9 nitrogen and oxygen atoms in total. The third kappa shape index (κ3) is 6.03. The average molecular weight is 524 g/mol. The first-order valence-electron chi connectivity index (χ1n) is 11.8. The maximum Gasteiger partial charge on any atom is 0.253 e. The summed E-state index contributed by atoms with van der Waals surface area (Å²) < 4.78 is 37.6. The van der Waals surface area contributed by atoms with E-state index in [0.29, 0.717) is 24.7 Å². The van der Waals surface area contributed by atoms with Gasteiger partial charge in [0.25, 0.3) is 5.91 Å². The third-order valence-corrected chi connectivity index (χ3v) is 7.19. The zero-order valence-electron chi connectivity index (χ0n) is 20.8. The van der Waals surface area contributed by atoms with Crippen LogP contribution in [0.3, 0.4) is 0 Å². The number of amides is 2. The number of nitrogens with one attached hydrogen (secondary N) is 2. The molecule has 0 saturated heterocycles. The van der Waals surface area contributed by atoms with Crippen molar-refractivity contribution >= 4 is 33.2 Å². The Balaban J connectivity index is 1.55. The van der Waals surface area contributed by atoms with Crippen LogP contribution < -0.4 is 24.4 Å². The molecular formula is C27H29N3O6S. The number of rotatable bonds is 8. The minimum absolute atomic E-state index is 0.257. The van der Waals surface area contributed by atoms with Gasteiger partial charge >= 0.3 is 0 Å². The number of ether oxygens (including phenoxy) is 2. The molecule has 4 rings (SSSR count). The molecule has 2 N–H and O–H groups in total. The van der Waals surface area contributed by atoms with E-state index in [2.05, 4.69) is 10.6 Å². The molecule has 0 unspecified atom stereocenters. The van der Waals surface area contributed by atoms with Gasteiger partial charge in [0.2, 0.25) is 15.9 Å². The van der Waals surface area contributed by atoms with E-state index in [1.807, 2.05) is 37.3 Å². The van der Waals surface area contributed by atoms with Crippen LogP contribution in [0.15, 0.2) is 72.8 Å². The van der Waals surface area contributed by atoms with Crippen LogP contribution in [0.1, 0.15) is 35.8 Å². The zero-order valence-corrected chi connectivity index (χ0v) is 21.6. The second-order valence-corrected chi connectivity index (χ2v) is 10.6. The summed E-state index contributed by atoms with van der Waals surface area (Å²) >= 11 is 0. The molecule has 0 spiro atoms. The molecule has 10 heteroatoms. The quantitative estimate of drug-likeness (QED) is 0.465. The minimum Gasteiger partial charge on any atom is -0.486 e. The highest BCUT2D eigenvalue weighted by molar-refractivity contribution is 7.92. The number of hydrogen-bond acceptors (Lipinski definition) is 6. The van der Waals surface area contributed by atoms with Crippen LogP contribution in [0.4, 0.5) is 11.4 Å². The Morgan fingerprint density at radius 3 is 2.24 bits per heavy atom. The first-order chi connectivity index (χ1) is 17.6. The topological polar surface area (TPSA) is 114 Å². The highest BCUT2D eigenvalue weighted by Crippen LogP contribution is 2.35. The Bertz CT molecular complexity index is 1390. The zero-order chi connectivity index (χ0) is 26.6. The van der Waals surface area contributed by atoms with E-state index >= 15 is 0 Å². The van der Waals surface area contributed by atoms with Gasteiger partial charge in [-0.2, -0.15) is 0 Å². The van der Waals surface area contributed by atoms with Crippen molar-refractivity contribution in [3.05, 3.63) is 83.9 Å². The average Bonchev–Trinajstić information content (AvgIpc) is 2.88. The van der Waals surface area contributed by atoms with Gasteiger partial charge in [-0.05, 0) is 43.7 Å². The highest BCUT2D eigenvalue weighted by atomic mass is 32.2. The van der Waals surface area contributed by atoms with E-state index < -0.39 is 22.0 Å². The molecule has 37 heavy (non-hydrogen) atoms. The minimum atomic E-state index is -3.86. The number of sulfonamides is 1. The van der Waals surface area contributed by atoms with Crippen LogP contribution in [-0.4, -0.2) is 45.7 Å². The Hall–Kier alpha value is -4.05. The summed E-state index contributed by atoms with van der Waals surface area (Å²) in [5, 5.41) is 5.66. The summed E-state index contributed by atoms with van der Waals surface area (Å²) in [5.74, 6) is -0.0619. The predicted octanol–water partition coefficient (Wildman–Crippen LogP) is 3.74. The lowest BCUT2D eigenvalue weighted by atomic mass is 10.1. The fourth-order valence-corrected chi connectivity index (χ4v) is 5.27. The Morgan fingerprint density at radius 2 is 1.54 bits per heavy atom. The van der Waals surface area contributed by atoms with E-state index in [0.717, 1.165) is 16.1 Å². The number of benzene rings is 3. The molecular weight excluding hydrogens is 494 g/mol. The number of nitrogens with zero attached hydrogens (tertiary/aromatic N) is 1. The van der Waals surface area contributed by atoms with E-state index in [1.54, 1.807) is 36.4 Å². The van der Waals surface area contributed by atoms with Gasteiger partial charge in [-0.3, -0.25) is 13.9 Å². The standard InChI is InChI=1S/C27H29N3O6S/c1-18(20-9-5-4-6-10-20)28-27(32)22-11-7-8-12-23(22)29-26(31)19(2)30(37(3,33)34)21-13-14-24-25(17-21)36-16-15-35-24/h4-14,17-19H,15-16H2,1-3H3,(H,28,32)(H,29,31)/t18-,19-/m0/s1. The summed E-state index contributed by atoms with van der Waals surface area (Å²) in [4.78, 5) is 26.3. The lowest BCUT2D eigenvalue weighted by Crippen LogP contribution is -2.45. The summed E-state index contributed by atoms with van der Waals surface area (Å²) in [6, 6.07) is 19.4. The molecule has 0 aliphatic carbocycles. The van der Waals surface area contributed by atoms with Crippen LogP contribution in [0.5, 0.6) is 11.5 Å². The lowest BCUT2D eigenvalue weighted by molar-refractivity contribution is -0.116. The van der Waals surface area contributed by atoms with E-state index in [9.17, 15) is 18.0 Å². The number of anilines is 2. The molecule has 0 aromatic heterocycles. The maximum atomic E-state index is 13.3. The largest absolute Gasteiger partial charge is 0.486 e. The number of carbonyl (C=O) groups excluding carboxylic acids is 2. The normalized spacial score (nSPS) is 14.2. The Morgan fingerprint density at radius 1 is 0.892 bits per heavy atom. The molecule has 1 heterocycles. The monoisotopic (exact) mass is 523 g/mol. The fraction of sp³-hybridized carbons (Fsp3) is 0.259. The number of hydrogen-bond donors (Lipinski definition) is 2. The van der Waals surface area contributed by atoms with Gasteiger partial charge in [0.15, 0.2) is 11.5 Å². The number of carbonyl (C=O) groups is 2. The van der Waals surface area contributed by atoms with Crippen molar-refractivity contribution in [1.82, 2.24) is 5.32 Å². The molecule has 0 fully saturated rings. The Labute approximate surface area is 216 Å². The smallest absolute Gasteiger partial charge is 0.253 e. The van der Waals surface area contributed by atoms with Crippen LogP contribution in [0.2, 0.25) is 0 Å². The van der Waals surface area contributed by atoms with Crippen molar-refractivity contribution in [3.63, 3.8) is 0 Å². The van der Waals surface area contributed by atoms with Gasteiger partial charge in [0.1, 0.15) is 19.3 Å². The molecule has 1 aliphatic rings. The van der Waals surface area contributed by atoms with Gasteiger partial charge < -0.3 is 20.1 Å². The SMILES string of the molecule is C[C@H](NC(=O)c1ccccc1NC(=O)[C@H](C)N(c1ccc2c(c1)OCCO2)S(C)(=O)=O)c1ccccc1. The van der Waals surface area contributed by atoms with Gasteiger partial charge in [-0.1, -0.05) is 42.5 Å². The maximum absolute atomic E-state index is 13.3. The fourth-order valence-electron chi connectivity index (χ4n) is 4.10. The summed E-state index contributed by atoms with van der Waals surface area (Å²) in [6.45, 7) is 4.09. The molecule has 0 saturated carbocycles. The highest BCUT2D eigenvalue weighted by Gasteiger charge is 2.31. The Kier molecular flexibility index (Phi) is 7.68. The second kappa shape index (κ2) is 10.9. The van der Waals surface area contributed by atoms with Crippen molar-refractivity contribution in [3.8, 4) is 11.5 Å². The summed E-state index contributed by atoms with van der Waals surface area (Å²) in [6.07, 6.45) is 1.03. The predicted molar refractivity (Wildman–Crippen MR) is 142 cm³/mol. The van der Waals surface area contributed by atoms with Crippen LogP contribution in [-0.2, 0) is 14.8 Å².